The predicted molar refractivity (Wildman–Crippen MR) is 156 cm³/mol. The van der Waals surface area contributed by atoms with Crippen LogP contribution in [0.25, 0.3) is 23.0 Å². The van der Waals surface area contributed by atoms with Crippen molar-refractivity contribution in [2.75, 3.05) is 24.3 Å². The van der Waals surface area contributed by atoms with Gasteiger partial charge in [0.1, 0.15) is 12.2 Å². The number of aromatic amines is 1. The van der Waals surface area contributed by atoms with Gasteiger partial charge in [-0.15, -0.1) is 5.10 Å². The summed E-state index contributed by atoms with van der Waals surface area (Å²) < 4.78 is 6.23. The van der Waals surface area contributed by atoms with Crippen LogP contribution in [0.5, 0.6) is 0 Å². The summed E-state index contributed by atoms with van der Waals surface area (Å²) in [6.45, 7) is 0.785. The molecule has 12 nitrogen and oxygen atoms in total. The second-order valence-corrected chi connectivity index (χ2v) is 9.97. The highest BCUT2D eigenvalue weighted by Gasteiger charge is 2.19. The molecule has 1 aliphatic rings. The zero-order chi connectivity index (χ0) is 28.6. The molecule has 13 heteroatoms. The maximum Gasteiger partial charge on any atom is 0.411 e. The Bertz CT molecular complexity index is 1530. The third-order valence-corrected chi connectivity index (χ3v) is 6.94. The molecule has 41 heavy (non-hydrogen) atoms. The van der Waals surface area contributed by atoms with Crippen LogP contribution in [0.3, 0.4) is 0 Å². The van der Waals surface area contributed by atoms with Gasteiger partial charge in [0.05, 0.1) is 24.5 Å². The number of nitrogens with zero attached hydrogens (tertiary/aromatic N) is 5. The fraction of sp³-hybridized carbons (Fsp3) is 0.286. The number of imidazole rings is 1. The maximum atomic E-state index is 13.1. The van der Waals surface area contributed by atoms with Crippen molar-refractivity contribution in [2.45, 2.75) is 38.1 Å². The highest BCUT2D eigenvalue weighted by molar-refractivity contribution is 6.30. The van der Waals surface area contributed by atoms with E-state index >= 15 is 0 Å². The number of amides is 2. The maximum absolute atomic E-state index is 13.1. The largest absolute Gasteiger partial charge is 0.453 e. The number of aromatic nitrogens is 6. The first-order chi connectivity index (χ1) is 20.0. The van der Waals surface area contributed by atoms with Gasteiger partial charge < -0.3 is 20.4 Å². The van der Waals surface area contributed by atoms with Crippen LogP contribution in [0.15, 0.2) is 55.0 Å². The first kappa shape index (κ1) is 27.8. The van der Waals surface area contributed by atoms with Crippen molar-refractivity contribution in [3.8, 4) is 16.9 Å². The first-order valence-electron chi connectivity index (χ1n) is 13.3. The number of H-pyrrole nitrogens is 1. The highest BCUT2D eigenvalue weighted by Crippen LogP contribution is 2.32. The number of fused-ring (bicyclic) bond motifs is 4. The minimum absolute atomic E-state index is 0.263. The Hall–Kier alpha value is -4.71. The van der Waals surface area contributed by atoms with E-state index in [9.17, 15) is 9.59 Å². The van der Waals surface area contributed by atoms with Crippen LogP contribution >= 0.6 is 11.6 Å². The Labute approximate surface area is 241 Å². The molecule has 1 atom stereocenters. The van der Waals surface area contributed by atoms with E-state index in [1.807, 2.05) is 18.3 Å². The Balaban J connectivity index is 1.37. The van der Waals surface area contributed by atoms with E-state index in [-0.39, 0.29) is 11.9 Å². The molecular formula is C28H30ClN9O3. The zero-order valence-electron chi connectivity index (χ0n) is 22.4. The van der Waals surface area contributed by atoms with E-state index in [1.54, 1.807) is 30.3 Å². The van der Waals surface area contributed by atoms with Crippen molar-refractivity contribution in [3.63, 3.8) is 0 Å². The van der Waals surface area contributed by atoms with Crippen LogP contribution in [0.1, 0.15) is 49.5 Å². The lowest BCUT2D eigenvalue weighted by atomic mass is 10.1. The van der Waals surface area contributed by atoms with Gasteiger partial charge in [-0.2, -0.15) is 4.68 Å². The normalized spacial score (nSPS) is 15.5. The average Bonchev–Trinajstić information content (AvgIpc) is 3.68. The molecule has 1 aliphatic heterocycles. The van der Waals surface area contributed by atoms with Gasteiger partial charge in [-0.1, -0.05) is 30.9 Å². The molecule has 0 saturated heterocycles. The molecular weight excluding hydrogens is 546 g/mol. The molecule has 2 aromatic heterocycles. The Morgan fingerprint density at radius 1 is 1.15 bits per heavy atom. The molecule has 2 aromatic carbocycles. The summed E-state index contributed by atoms with van der Waals surface area (Å²) in [4.78, 5) is 32.9. The first-order valence-corrected chi connectivity index (χ1v) is 13.7. The van der Waals surface area contributed by atoms with Gasteiger partial charge in [0, 0.05) is 46.3 Å². The van der Waals surface area contributed by atoms with Crippen molar-refractivity contribution < 1.29 is 14.3 Å². The summed E-state index contributed by atoms with van der Waals surface area (Å²) in [6.07, 6.45) is 10.7. The molecule has 0 aliphatic carbocycles. The van der Waals surface area contributed by atoms with Gasteiger partial charge in [0.25, 0.3) is 0 Å². The van der Waals surface area contributed by atoms with Gasteiger partial charge in [-0.05, 0) is 65.7 Å². The van der Waals surface area contributed by atoms with Crippen molar-refractivity contribution in [2.24, 2.45) is 0 Å². The number of hydrogen-bond donors (Lipinski definition) is 4. The fourth-order valence-electron chi connectivity index (χ4n) is 4.67. The quantitative estimate of drug-likeness (QED) is 0.239. The monoisotopic (exact) mass is 575 g/mol. The number of anilines is 2. The molecule has 212 valence electrons. The topological polar surface area (TPSA) is 152 Å². The zero-order valence-corrected chi connectivity index (χ0v) is 23.2. The van der Waals surface area contributed by atoms with E-state index < -0.39 is 6.09 Å². The Morgan fingerprint density at radius 2 is 2.02 bits per heavy atom. The predicted octanol–water partition coefficient (Wildman–Crippen LogP) is 5.13. The van der Waals surface area contributed by atoms with Crippen LogP contribution < -0.4 is 16.0 Å². The van der Waals surface area contributed by atoms with E-state index in [1.165, 1.54) is 24.2 Å². The number of nitrogens with one attached hydrogen (secondary N) is 4. The highest BCUT2D eigenvalue weighted by atomic mass is 35.5. The minimum atomic E-state index is -0.536. The minimum Gasteiger partial charge on any atom is -0.453 e. The molecule has 2 bridgehead atoms. The number of methoxy groups -OCH3 is 1. The lowest BCUT2D eigenvalue weighted by Gasteiger charge is -2.16. The van der Waals surface area contributed by atoms with Gasteiger partial charge in [0.15, 0.2) is 0 Å². The molecule has 0 fully saturated rings. The van der Waals surface area contributed by atoms with Gasteiger partial charge in [0.2, 0.25) is 5.91 Å². The molecule has 0 spiro atoms. The van der Waals surface area contributed by atoms with Crippen molar-refractivity contribution >= 4 is 41.1 Å². The van der Waals surface area contributed by atoms with Crippen LogP contribution in [-0.2, 0) is 9.53 Å². The summed E-state index contributed by atoms with van der Waals surface area (Å²) in [5.41, 5.74) is 4.45. The summed E-state index contributed by atoms with van der Waals surface area (Å²) >= 11 is 6.21. The second kappa shape index (κ2) is 13.1. The summed E-state index contributed by atoms with van der Waals surface area (Å²) in [6, 6.07) is 10.5. The van der Waals surface area contributed by atoms with Gasteiger partial charge in [-0.25, -0.2) is 9.78 Å². The lowest BCUT2D eigenvalue weighted by Crippen LogP contribution is -2.27. The third kappa shape index (κ3) is 7.09. The Kier molecular flexibility index (Phi) is 8.89. The van der Waals surface area contributed by atoms with Crippen LogP contribution in [0.2, 0.25) is 5.02 Å². The third-order valence-electron chi connectivity index (χ3n) is 6.71. The summed E-state index contributed by atoms with van der Waals surface area (Å²) in [7, 11) is 1.33. The number of benzene rings is 2. The molecule has 2 amide bonds. The van der Waals surface area contributed by atoms with Gasteiger partial charge >= 0.3 is 6.09 Å². The SMILES string of the molecule is COC(=O)Nc1ccc2c(c1)NCCCCCCC(NC(=O)C=Cc1cc(Cl)ccc1-n1cnnn1)c1nc-2c[nH]1. The average molecular weight is 576 g/mol. The molecule has 4 N–H and O–H groups in total. The van der Waals surface area contributed by atoms with Crippen LogP contribution in [-0.4, -0.2) is 55.8 Å². The number of ether oxygens (including phenoxy) is 1. The summed E-state index contributed by atoms with van der Waals surface area (Å²) in [5.74, 6) is 0.404. The van der Waals surface area contributed by atoms with Crippen molar-refractivity contribution in [3.05, 3.63) is 71.4 Å². The van der Waals surface area contributed by atoms with Crippen LogP contribution in [0.4, 0.5) is 16.2 Å². The van der Waals surface area contributed by atoms with E-state index in [4.69, 9.17) is 21.3 Å². The Morgan fingerprint density at radius 3 is 2.85 bits per heavy atom. The van der Waals surface area contributed by atoms with E-state index in [0.29, 0.717) is 27.8 Å². The van der Waals surface area contributed by atoms with E-state index in [0.717, 1.165) is 55.6 Å². The fourth-order valence-corrected chi connectivity index (χ4v) is 4.85. The number of tetrazole rings is 1. The van der Waals surface area contributed by atoms with Crippen molar-refractivity contribution in [1.82, 2.24) is 35.5 Å². The smallest absolute Gasteiger partial charge is 0.411 e. The second-order valence-electron chi connectivity index (χ2n) is 9.53. The number of rotatable bonds is 5. The molecule has 4 aromatic rings. The molecule has 0 radical (unpaired) electrons. The van der Waals surface area contributed by atoms with E-state index in [2.05, 4.69) is 36.5 Å². The molecule has 0 saturated carbocycles. The number of carbonyl (C=O) groups excluding carboxylic acids is 2. The summed E-state index contributed by atoms with van der Waals surface area (Å²) in [5, 5.41) is 21.1. The number of carbonyl (C=O) groups is 2. The van der Waals surface area contributed by atoms with Crippen LogP contribution in [0, 0.1) is 0 Å². The van der Waals surface area contributed by atoms with Gasteiger partial charge in [-0.3, -0.25) is 10.1 Å². The number of halogens is 1. The lowest BCUT2D eigenvalue weighted by molar-refractivity contribution is -0.117. The standard InChI is InChI=1S/C28H30ClN9O3/c1-41-28(40)33-20-9-10-21-23(15-20)30-13-5-3-2-4-6-22(27-31-16-24(21)35-27)34-26(39)12-7-18-14-19(29)8-11-25(18)38-17-32-36-37-38/h7-12,14-17,22,30H,2-6,13H2,1H3,(H,31,35)(H,33,40)(H,34,39). The molecule has 5 rings (SSSR count). The number of hydrogen-bond acceptors (Lipinski definition) is 8. The molecule has 1 unspecified atom stereocenters. The van der Waals surface area contributed by atoms with Crippen molar-refractivity contribution in [1.29, 1.82) is 0 Å². The molecule has 3 heterocycles.